The van der Waals surface area contributed by atoms with E-state index in [2.05, 4.69) is 10.2 Å². The molecule has 0 saturated heterocycles. The van der Waals surface area contributed by atoms with Gasteiger partial charge in [0.05, 0.1) is 5.56 Å². The Bertz CT molecular complexity index is 359. The molecule has 1 N–H and O–H groups in total. The SMILES string of the molecule is CCN([CH]CNc1cccc(C(F)(F)F)c1)CC. The quantitative estimate of drug-likeness (QED) is 0.839. The Kier molecular flexibility index (Phi) is 5.47. The number of nitrogens with zero attached hydrogens (tertiary/aromatic N) is 1. The minimum Gasteiger partial charge on any atom is -0.383 e. The fourth-order valence-electron chi connectivity index (χ4n) is 1.58. The Labute approximate surface area is 106 Å². The predicted octanol–water partition coefficient (Wildman–Crippen LogP) is 3.62. The van der Waals surface area contributed by atoms with E-state index in [1.54, 1.807) is 6.07 Å². The molecule has 0 spiro atoms. The molecule has 1 aromatic rings. The van der Waals surface area contributed by atoms with Crippen LogP contribution in [-0.4, -0.2) is 24.5 Å². The zero-order chi connectivity index (χ0) is 13.6. The second kappa shape index (κ2) is 6.64. The van der Waals surface area contributed by atoms with Crippen LogP contribution in [0.25, 0.3) is 0 Å². The van der Waals surface area contributed by atoms with Crippen molar-refractivity contribution in [3.63, 3.8) is 0 Å². The van der Waals surface area contributed by atoms with E-state index in [0.717, 1.165) is 25.2 Å². The zero-order valence-corrected chi connectivity index (χ0v) is 10.6. The lowest BCUT2D eigenvalue weighted by Gasteiger charge is -2.18. The molecule has 1 rings (SSSR count). The Morgan fingerprint density at radius 3 is 2.44 bits per heavy atom. The number of hydrogen-bond donors (Lipinski definition) is 1. The van der Waals surface area contributed by atoms with Gasteiger partial charge in [-0.05, 0) is 31.3 Å². The minimum atomic E-state index is -4.29. The molecule has 0 unspecified atom stereocenters. The number of nitrogens with one attached hydrogen (secondary N) is 1. The lowest BCUT2D eigenvalue weighted by atomic mass is 10.2. The van der Waals surface area contributed by atoms with Gasteiger partial charge in [-0.15, -0.1) is 0 Å². The van der Waals surface area contributed by atoms with E-state index < -0.39 is 11.7 Å². The first-order valence-corrected chi connectivity index (χ1v) is 5.95. The van der Waals surface area contributed by atoms with Crippen molar-refractivity contribution in [1.29, 1.82) is 0 Å². The van der Waals surface area contributed by atoms with Gasteiger partial charge >= 0.3 is 6.18 Å². The number of rotatable bonds is 6. The molecule has 0 heterocycles. The highest BCUT2D eigenvalue weighted by atomic mass is 19.4. The molecule has 0 atom stereocenters. The van der Waals surface area contributed by atoms with Crippen LogP contribution in [0.2, 0.25) is 0 Å². The van der Waals surface area contributed by atoms with Crippen molar-refractivity contribution < 1.29 is 13.2 Å². The molecule has 0 fully saturated rings. The van der Waals surface area contributed by atoms with E-state index in [1.165, 1.54) is 6.07 Å². The summed E-state index contributed by atoms with van der Waals surface area (Å²) in [6.45, 7) is 8.30. The van der Waals surface area contributed by atoms with Crippen molar-refractivity contribution in [3.8, 4) is 0 Å². The summed E-state index contributed by atoms with van der Waals surface area (Å²) >= 11 is 0. The third-order valence-electron chi connectivity index (χ3n) is 2.66. The zero-order valence-electron chi connectivity index (χ0n) is 10.6. The van der Waals surface area contributed by atoms with Crippen LogP contribution >= 0.6 is 0 Å². The van der Waals surface area contributed by atoms with E-state index in [-0.39, 0.29) is 0 Å². The van der Waals surface area contributed by atoms with Crippen LogP contribution in [0.4, 0.5) is 18.9 Å². The predicted molar refractivity (Wildman–Crippen MR) is 67.2 cm³/mol. The molecular weight excluding hydrogens is 241 g/mol. The Balaban J connectivity index is 2.53. The summed E-state index contributed by atoms with van der Waals surface area (Å²) < 4.78 is 37.5. The van der Waals surface area contributed by atoms with E-state index in [0.29, 0.717) is 12.2 Å². The second-order valence-corrected chi connectivity index (χ2v) is 3.86. The van der Waals surface area contributed by atoms with Gasteiger partial charge in [0.1, 0.15) is 0 Å². The number of anilines is 1. The van der Waals surface area contributed by atoms with Crippen LogP contribution in [0.5, 0.6) is 0 Å². The Morgan fingerprint density at radius 1 is 1.22 bits per heavy atom. The highest BCUT2D eigenvalue weighted by Gasteiger charge is 2.30. The van der Waals surface area contributed by atoms with Crippen molar-refractivity contribution in [2.45, 2.75) is 20.0 Å². The Hall–Kier alpha value is -1.23. The first-order valence-electron chi connectivity index (χ1n) is 5.95. The molecule has 2 nitrogen and oxygen atoms in total. The average molecular weight is 259 g/mol. The number of hydrogen-bond acceptors (Lipinski definition) is 2. The molecule has 0 aliphatic carbocycles. The van der Waals surface area contributed by atoms with Gasteiger partial charge in [-0.1, -0.05) is 19.9 Å². The molecule has 0 bridgehead atoms. The van der Waals surface area contributed by atoms with E-state index >= 15 is 0 Å². The van der Waals surface area contributed by atoms with Gasteiger partial charge < -0.3 is 5.32 Å². The highest BCUT2D eigenvalue weighted by molar-refractivity contribution is 5.46. The van der Waals surface area contributed by atoms with Gasteiger partial charge in [-0.2, -0.15) is 13.2 Å². The molecular formula is C13H18F3N2. The topological polar surface area (TPSA) is 15.3 Å². The van der Waals surface area contributed by atoms with Gasteiger partial charge in [0.25, 0.3) is 0 Å². The number of likely N-dealkylation sites (N-methyl/N-ethyl adjacent to an activating group) is 1. The fraction of sp³-hybridized carbons (Fsp3) is 0.462. The standard InChI is InChI=1S/C13H18F3N2/c1-3-18(4-2)9-8-17-12-7-5-6-11(10-12)13(14,15)16/h5-7,9-10,17H,3-4,8H2,1-2H3. The first kappa shape index (κ1) is 14.8. The van der Waals surface area contributed by atoms with E-state index in [1.807, 2.05) is 20.4 Å². The summed E-state index contributed by atoms with van der Waals surface area (Å²) in [7, 11) is 0. The van der Waals surface area contributed by atoms with Crippen LogP contribution in [0.3, 0.4) is 0 Å². The maximum Gasteiger partial charge on any atom is 0.416 e. The van der Waals surface area contributed by atoms with Crippen molar-refractivity contribution in [3.05, 3.63) is 36.4 Å². The van der Waals surface area contributed by atoms with Crippen molar-refractivity contribution >= 4 is 5.69 Å². The van der Waals surface area contributed by atoms with E-state index in [9.17, 15) is 13.2 Å². The van der Waals surface area contributed by atoms with Crippen molar-refractivity contribution in [2.75, 3.05) is 25.0 Å². The fourth-order valence-corrected chi connectivity index (χ4v) is 1.58. The summed E-state index contributed by atoms with van der Waals surface area (Å²) in [6, 6.07) is 5.23. The number of alkyl halides is 3. The summed E-state index contributed by atoms with van der Waals surface area (Å²) in [5.41, 5.74) is -0.149. The highest BCUT2D eigenvalue weighted by Crippen LogP contribution is 2.30. The monoisotopic (exact) mass is 259 g/mol. The lowest BCUT2D eigenvalue weighted by Crippen LogP contribution is -2.23. The van der Waals surface area contributed by atoms with Gasteiger partial charge in [0.2, 0.25) is 0 Å². The number of halogens is 3. The van der Waals surface area contributed by atoms with Crippen LogP contribution in [-0.2, 0) is 6.18 Å². The number of benzene rings is 1. The minimum absolute atomic E-state index is 0.480. The van der Waals surface area contributed by atoms with Gasteiger partial charge in [0, 0.05) is 18.8 Å². The molecule has 0 saturated carbocycles. The summed E-state index contributed by atoms with van der Waals surface area (Å²) in [6.07, 6.45) is -4.29. The van der Waals surface area contributed by atoms with Gasteiger partial charge in [0.15, 0.2) is 0 Å². The van der Waals surface area contributed by atoms with Crippen LogP contribution in [0.15, 0.2) is 24.3 Å². The van der Waals surface area contributed by atoms with Crippen molar-refractivity contribution in [1.82, 2.24) is 4.90 Å². The van der Waals surface area contributed by atoms with Gasteiger partial charge in [-0.3, -0.25) is 4.90 Å². The van der Waals surface area contributed by atoms with E-state index in [4.69, 9.17) is 0 Å². The van der Waals surface area contributed by atoms with Crippen molar-refractivity contribution in [2.24, 2.45) is 0 Å². The van der Waals surface area contributed by atoms with Crippen LogP contribution in [0.1, 0.15) is 19.4 Å². The molecule has 1 radical (unpaired) electrons. The molecule has 0 aliphatic heterocycles. The Morgan fingerprint density at radius 2 is 1.89 bits per heavy atom. The van der Waals surface area contributed by atoms with Crippen LogP contribution in [0, 0.1) is 6.54 Å². The molecule has 18 heavy (non-hydrogen) atoms. The molecule has 5 heteroatoms. The average Bonchev–Trinajstić information content (AvgIpc) is 2.34. The smallest absolute Gasteiger partial charge is 0.383 e. The maximum absolute atomic E-state index is 12.5. The van der Waals surface area contributed by atoms with Gasteiger partial charge in [-0.25, -0.2) is 0 Å². The molecule has 0 aromatic heterocycles. The normalized spacial score (nSPS) is 11.9. The summed E-state index contributed by atoms with van der Waals surface area (Å²) in [4.78, 5) is 2.08. The third kappa shape index (κ3) is 4.56. The third-order valence-corrected chi connectivity index (χ3v) is 2.66. The molecule has 1 aromatic carbocycles. The summed E-state index contributed by atoms with van der Waals surface area (Å²) in [5, 5.41) is 2.96. The maximum atomic E-state index is 12.5. The lowest BCUT2D eigenvalue weighted by molar-refractivity contribution is -0.137. The first-order chi connectivity index (χ1) is 8.47. The summed E-state index contributed by atoms with van der Waals surface area (Å²) in [5.74, 6) is 0. The molecule has 0 aliphatic rings. The largest absolute Gasteiger partial charge is 0.416 e. The molecule has 0 amide bonds. The second-order valence-electron chi connectivity index (χ2n) is 3.86. The molecule has 101 valence electrons. The van der Waals surface area contributed by atoms with Crippen LogP contribution < -0.4 is 5.32 Å².